The molecule has 0 saturated carbocycles. The number of halogens is 2. The quantitative estimate of drug-likeness (QED) is 0.921. The Morgan fingerprint density at radius 2 is 2.00 bits per heavy atom. The van der Waals surface area contributed by atoms with Crippen LogP contribution >= 0.6 is 11.6 Å². The summed E-state index contributed by atoms with van der Waals surface area (Å²) in [4.78, 5) is 0. The molecule has 20 heavy (non-hydrogen) atoms. The number of aliphatic hydroxyl groups is 1. The highest BCUT2D eigenvalue weighted by molar-refractivity contribution is 6.30. The molecule has 4 heteroatoms. The Labute approximate surface area is 122 Å². The van der Waals surface area contributed by atoms with Crippen LogP contribution in [0.4, 0.5) is 4.39 Å². The van der Waals surface area contributed by atoms with E-state index in [1.165, 1.54) is 6.07 Å². The van der Waals surface area contributed by atoms with Gasteiger partial charge in [0.15, 0.2) is 0 Å². The van der Waals surface area contributed by atoms with Crippen molar-refractivity contribution in [2.75, 3.05) is 7.11 Å². The van der Waals surface area contributed by atoms with E-state index in [0.717, 1.165) is 5.56 Å². The fraction of sp³-hybridized carbons (Fsp3) is 0.250. The average Bonchev–Trinajstić information content (AvgIpc) is 2.42. The lowest BCUT2D eigenvalue weighted by Gasteiger charge is -2.14. The number of aliphatic hydroxyl groups excluding tert-OH is 1. The van der Waals surface area contributed by atoms with Crippen LogP contribution < -0.4 is 4.74 Å². The normalized spacial score (nSPS) is 12.2. The summed E-state index contributed by atoms with van der Waals surface area (Å²) in [5.41, 5.74) is 1.88. The van der Waals surface area contributed by atoms with E-state index in [4.69, 9.17) is 16.3 Å². The van der Waals surface area contributed by atoms with Crippen molar-refractivity contribution in [1.82, 2.24) is 0 Å². The highest BCUT2D eigenvalue weighted by atomic mass is 35.5. The van der Waals surface area contributed by atoms with E-state index in [1.807, 2.05) is 0 Å². The monoisotopic (exact) mass is 294 g/mol. The number of aryl methyl sites for hydroxylation is 1. The van der Waals surface area contributed by atoms with Gasteiger partial charge in [0.1, 0.15) is 11.6 Å². The minimum atomic E-state index is -0.808. The summed E-state index contributed by atoms with van der Waals surface area (Å²) in [5, 5.41) is 10.8. The van der Waals surface area contributed by atoms with Gasteiger partial charge in [0, 0.05) is 11.4 Å². The Hall–Kier alpha value is -1.58. The highest BCUT2D eigenvalue weighted by Gasteiger charge is 2.14. The van der Waals surface area contributed by atoms with Gasteiger partial charge in [0.25, 0.3) is 0 Å². The predicted molar refractivity (Wildman–Crippen MR) is 77.8 cm³/mol. The van der Waals surface area contributed by atoms with E-state index in [9.17, 15) is 9.50 Å². The lowest BCUT2D eigenvalue weighted by atomic mass is 9.99. The van der Waals surface area contributed by atoms with Gasteiger partial charge in [-0.3, -0.25) is 0 Å². The summed E-state index contributed by atoms with van der Waals surface area (Å²) in [6.07, 6.45) is -0.496. The van der Waals surface area contributed by atoms with E-state index in [2.05, 4.69) is 0 Å². The van der Waals surface area contributed by atoms with Gasteiger partial charge in [-0.25, -0.2) is 4.39 Å². The van der Waals surface area contributed by atoms with Crippen molar-refractivity contribution in [2.24, 2.45) is 0 Å². The predicted octanol–water partition coefficient (Wildman–Crippen LogP) is 4.07. The zero-order chi connectivity index (χ0) is 14.7. The first-order valence-electron chi connectivity index (χ1n) is 6.28. The maximum atomic E-state index is 13.5. The van der Waals surface area contributed by atoms with Crippen LogP contribution in [-0.2, 0) is 6.42 Å². The summed E-state index contributed by atoms with van der Waals surface area (Å²) in [5.74, 6) is 0.334. The Morgan fingerprint density at radius 3 is 2.65 bits per heavy atom. The third-order valence-corrected chi connectivity index (χ3v) is 3.47. The first kappa shape index (κ1) is 14.8. The molecule has 0 fully saturated rings. The maximum absolute atomic E-state index is 13.5. The second kappa shape index (κ2) is 6.25. The average molecular weight is 295 g/mol. The van der Waals surface area contributed by atoms with Crippen molar-refractivity contribution in [3.63, 3.8) is 0 Å². The van der Waals surface area contributed by atoms with Crippen molar-refractivity contribution in [1.29, 1.82) is 0 Å². The minimum Gasteiger partial charge on any atom is -0.496 e. The Bertz CT molecular complexity index is 613. The third kappa shape index (κ3) is 3.30. The van der Waals surface area contributed by atoms with Gasteiger partial charge in [-0.1, -0.05) is 23.7 Å². The molecule has 0 aromatic heterocycles. The van der Waals surface area contributed by atoms with Gasteiger partial charge in [0.05, 0.1) is 13.2 Å². The number of methoxy groups -OCH3 is 1. The van der Waals surface area contributed by atoms with Crippen LogP contribution in [0.25, 0.3) is 0 Å². The van der Waals surface area contributed by atoms with Crippen LogP contribution in [0.15, 0.2) is 36.4 Å². The topological polar surface area (TPSA) is 29.5 Å². The molecule has 2 nitrogen and oxygen atoms in total. The van der Waals surface area contributed by atoms with Gasteiger partial charge in [-0.15, -0.1) is 0 Å². The van der Waals surface area contributed by atoms with Crippen LogP contribution in [0.2, 0.25) is 5.02 Å². The first-order valence-corrected chi connectivity index (χ1v) is 6.65. The molecule has 1 N–H and O–H groups in total. The molecule has 1 atom stereocenters. The van der Waals surface area contributed by atoms with E-state index >= 15 is 0 Å². The molecule has 106 valence electrons. The van der Waals surface area contributed by atoms with Crippen molar-refractivity contribution in [3.8, 4) is 5.75 Å². The molecule has 2 aromatic rings. The van der Waals surface area contributed by atoms with Crippen molar-refractivity contribution < 1.29 is 14.2 Å². The van der Waals surface area contributed by atoms with Crippen LogP contribution in [0, 0.1) is 12.7 Å². The van der Waals surface area contributed by atoms with Crippen LogP contribution in [0.5, 0.6) is 5.75 Å². The Morgan fingerprint density at radius 1 is 1.25 bits per heavy atom. The van der Waals surface area contributed by atoms with Gasteiger partial charge in [0.2, 0.25) is 0 Å². The molecule has 0 amide bonds. The molecule has 0 spiro atoms. The molecule has 1 unspecified atom stereocenters. The number of ether oxygens (including phenoxy) is 1. The molecule has 0 aliphatic heterocycles. The molecule has 0 saturated heterocycles. The standard InChI is InChI=1S/C16H16ClFO2/c1-10-3-4-11(8-14(10)18)15(19)9-12-7-13(17)5-6-16(12)20-2/h3-8,15,19H,9H2,1-2H3. The third-order valence-electron chi connectivity index (χ3n) is 3.24. The Kier molecular flexibility index (Phi) is 4.63. The minimum absolute atomic E-state index is 0.312. The molecule has 2 aromatic carbocycles. The second-order valence-corrected chi connectivity index (χ2v) is 5.12. The zero-order valence-electron chi connectivity index (χ0n) is 11.4. The second-order valence-electron chi connectivity index (χ2n) is 4.68. The summed E-state index contributed by atoms with van der Waals surface area (Å²) in [7, 11) is 1.56. The van der Waals surface area contributed by atoms with E-state index in [0.29, 0.717) is 28.3 Å². The van der Waals surface area contributed by atoms with E-state index in [-0.39, 0.29) is 5.82 Å². The molecular formula is C16H16ClFO2. The SMILES string of the molecule is COc1ccc(Cl)cc1CC(O)c1ccc(C)c(F)c1. The van der Waals surface area contributed by atoms with Crippen LogP contribution in [0.3, 0.4) is 0 Å². The van der Waals surface area contributed by atoms with Crippen molar-refractivity contribution in [2.45, 2.75) is 19.4 Å². The highest BCUT2D eigenvalue weighted by Crippen LogP contribution is 2.28. The largest absolute Gasteiger partial charge is 0.496 e. The first-order chi connectivity index (χ1) is 9.51. The van der Waals surface area contributed by atoms with Gasteiger partial charge in [-0.2, -0.15) is 0 Å². The van der Waals surface area contributed by atoms with Gasteiger partial charge < -0.3 is 9.84 Å². The molecule has 0 aliphatic carbocycles. The summed E-state index contributed by atoms with van der Waals surface area (Å²) in [6.45, 7) is 1.69. The van der Waals surface area contributed by atoms with Gasteiger partial charge in [-0.05, 0) is 47.9 Å². The summed E-state index contributed by atoms with van der Waals surface area (Å²) >= 11 is 5.95. The molecule has 0 aliphatic rings. The summed E-state index contributed by atoms with van der Waals surface area (Å²) < 4.78 is 18.8. The molecule has 0 bridgehead atoms. The van der Waals surface area contributed by atoms with Crippen molar-refractivity contribution >= 4 is 11.6 Å². The number of hydrogen-bond acceptors (Lipinski definition) is 2. The maximum Gasteiger partial charge on any atom is 0.126 e. The molecule has 0 radical (unpaired) electrons. The van der Waals surface area contributed by atoms with E-state index in [1.54, 1.807) is 44.4 Å². The lowest BCUT2D eigenvalue weighted by molar-refractivity contribution is 0.177. The fourth-order valence-corrected chi connectivity index (χ4v) is 2.24. The number of hydrogen-bond donors (Lipinski definition) is 1. The number of rotatable bonds is 4. The Balaban J connectivity index is 2.24. The smallest absolute Gasteiger partial charge is 0.126 e. The van der Waals surface area contributed by atoms with Gasteiger partial charge >= 0.3 is 0 Å². The zero-order valence-corrected chi connectivity index (χ0v) is 12.1. The lowest BCUT2D eigenvalue weighted by Crippen LogP contribution is -2.04. The van der Waals surface area contributed by atoms with E-state index < -0.39 is 6.10 Å². The van der Waals surface area contributed by atoms with Crippen LogP contribution in [0.1, 0.15) is 22.8 Å². The summed E-state index contributed by atoms with van der Waals surface area (Å²) in [6, 6.07) is 9.95. The van der Waals surface area contributed by atoms with Crippen molar-refractivity contribution in [3.05, 3.63) is 63.9 Å². The molecular weight excluding hydrogens is 279 g/mol. The number of benzene rings is 2. The van der Waals surface area contributed by atoms with Crippen LogP contribution in [-0.4, -0.2) is 12.2 Å². The molecule has 2 rings (SSSR count). The molecule has 0 heterocycles. The fourth-order valence-electron chi connectivity index (χ4n) is 2.05.